The van der Waals surface area contributed by atoms with E-state index in [0.29, 0.717) is 34.5 Å². The van der Waals surface area contributed by atoms with Crippen molar-refractivity contribution < 1.29 is 14.3 Å². The Morgan fingerprint density at radius 2 is 1.89 bits per heavy atom. The second-order valence-electron chi connectivity index (χ2n) is 5.76. The molecule has 2 aromatic rings. The van der Waals surface area contributed by atoms with Crippen LogP contribution in [0.25, 0.3) is 0 Å². The average Bonchev–Trinajstić information content (AvgIpc) is 2.68. The first-order valence-electron chi connectivity index (χ1n) is 8.64. The van der Waals surface area contributed by atoms with Crippen molar-refractivity contribution in [2.45, 2.75) is 25.2 Å². The summed E-state index contributed by atoms with van der Waals surface area (Å²) in [5.74, 6) is 2.65. The maximum absolute atomic E-state index is 12.4. The van der Waals surface area contributed by atoms with Crippen LogP contribution in [0.1, 0.15) is 18.9 Å². The van der Waals surface area contributed by atoms with E-state index in [1.54, 1.807) is 37.1 Å². The van der Waals surface area contributed by atoms with Crippen molar-refractivity contribution in [2.75, 3.05) is 19.4 Å². The Bertz CT molecular complexity index is 758. The molecule has 0 saturated carbocycles. The van der Waals surface area contributed by atoms with E-state index in [1.165, 1.54) is 0 Å². The number of carbonyl (C=O) groups excluding carboxylic acids is 1. The molecular formula is C20H23Cl2NO3S. The molecule has 27 heavy (non-hydrogen) atoms. The van der Waals surface area contributed by atoms with Crippen LogP contribution in [-0.2, 0) is 10.5 Å². The maximum Gasteiger partial charge on any atom is 0.261 e. The Labute approximate surface area is 174 Å². The van der Waals surface area contributed by atoms with Crippen LogP contribution in [0.4, 0.5) is 0 Å². The van der Waals surface area contributed by atoms with E-state index in [2.05, 4.69) is 5.32 Å². The molecular weight excluding hydrogens is 405 g/mol. The molecule has 0 radical (unpaired) electrons. The summed E-state index contributed by atoms with van der Waals surface area (Å²) in [6.45, 7) is 2.48. The number of hydrogen-bond donors (Lipinski definition) is 1. The number of thioether (sulfide) groups is 1. The molecule has 1 N–H and O–H groups in total. The summed E-state index contributed by atoms with van der Waals surface area (Å²) in [5, 5.41) is 4.04. The van der Waals surface area contributed by atoms with Gasteiger partial charge in [0.15, 0.2) is 17.6 Å². The summed E-state index contributed by atoms with van der Waals surface area (Å²) in [7, 11) is 1.58. The number of halogens is 2. The summed E-state index contributed by atoms with van der Waals surface area (Å²) >= 11 is 13.6. The van der Waals surface area contributed by atoms with Crippen molar-refractivity contribution in [1.82, 2.24) is 5.32 Å². The van der Waals surface area contributed by atoms with E-state index in [0.717, 1.165) is 17.1 Å². The van der Waals surface area contributed by atoms with E-state index < -0.39 is 6.10 Å². The van der Waals surface area contributed by atoms with Gasteiger partial charge in [-0.2, -0.15) is 11.8 Å². The largest absolute Gasteiger partial charge is 0.493 e. The lowest BCUT2D eigenvalue weighted by molar-refractivity contribution is -0.128. The van der Waals surface area contributed by atoms with Gasteiger partial charge >= 0.3 is 0 Å². The fourth-order valence-corrected chi connectivity index (χ4v) is 3.50. The van der Waals surface area contributed by atoms with Crippen LogP contribution >= 0.6 is 35.0 Å². The lowest BCUT2D eigenvalue weighted by Crippen LogP contribution is -2.39. The number of benzene rings is 2. The summed E-state index contributed by atoms with van der Waals surface area (Å²) in [4.78, 5) is 12.4. The topological polar surface area (TPSA) is 47.6 Å². The molecule has 0 fully saturated rings. The zero-order chi connectivity index (χ0) is 19.6. The number of amides is 1. The summed E-state index contributed by atoms with van der Waals surface area (Å²) in [6.07, 6.45) is 0.0155. The molecule has 0 heterocycles. The minimum Gasteiger partial charge on any atom is -0.493 e. The Kier molecular flexibility index (Phi) is 9.11. The fourth-order valence-electron chi connectivity index (χ4n) is 2.37. The van der Waals surface area contributed by atoms with Gasteiger partial charge in [-0.05, 0) is 36.2 Å². The summed E-state index contributed by atoms with van der Waals surface area (Å²) in [5.41, 5.74) is 1.10. The van der Waals surface area contributed by atoms with Crippen molar-refractivity contribution in [3.8, 4) is 11.5 Å². The average molecular weight is 428 g/mol. The first-order valence-corrected chi connectivity index (χ1v) is 10.5. The standard InChI is InChI=1S/C20H23Cl2NO3S/c1-3-17(26-19-7-5-4-6-18(19)25-2)20(24)23-10-11-27-13-14-8-9-15(21)16(22)12-14/h4-9,12,17H,3,10-11,13H2,1-2H3,(H,23,24)/t17-/m1/s1. The van der Waals surface area contributed by atoms with Gasteiger partial charge < -0.3 is 14.8 Å². The van der Waals surface area contributed by atoms with Gasteiger partial charge in [-0.3, -0.25) is 4.79 Å². The molecule has 1 atom stereocenters. The van der Waals surface area contributed by atoms with Gasteiger partial charge in [-0.25, -0.2) is 0 Å². The predicted octanol–water partition coefficient (Wildman–Crippen LogP) is 5.21. The van der Waals surface area contributed by atoms with Crippen LogP contribution in [0.2, 0.25) is 10.0 Å². The second kappa shape index (κ2) is 11.3. The molecule has 0 aliphatic heterocycles. The number of para-hydroxylation sites is 2. The normalized spacial score (nSPS) is 11.7. The highest BCUT2D eigenvalue weighted by Gasteiger charge is 2.19. The number of rotatable bonds is 10. The Morgan fingerprint density at radius 3 is 2.56 bits per heavy atom. The maximum atomic E-state index is 12.4. The van der Waals surface area contributed by atoms with E-state index in [9.17, 15) is 4.79 Å². The van der Waals surface area contributed by atoms with Crippen LogP contribution in [-0.4, -0.2) is 31.4 Å². The third-order valence-corrected chi connectivity index (χ3v) is 5.57. The molecule has 1 amide bonds. The van der Waals surface area contributed by atoms with Crippen LogP contribution < -0.4 is 14.8 Å². The van der Waals surface area contributed by atoms with Gasteiger partial charge in [0.1, 0.15) is 0 Å². The molecule has 0 aliphatic carbocycles. The van der Waals surface area contributed by atoms with Gasteiger partial charge in [-0.1, -0.05) is 48.3 Å². The third-order valence-electron chi connectivity index (χ3n) is 3.80. The van der Waals surface area contributed by atoms with Crippen molar-refractivity contribution in [1.29, 1.82) is 0 Å². The molecule has 0 aliphatic rings. The zero-order valence-corrected chi connectivity index (χ0v) is 17.7. The number of carbonyl (C=O) groups is 1. The highest BCUT2D eigenvalue weighted by Crippen LogP contribution is 2.27. The molecule has 0 bridgehead atoms. The first-order chi connectivity index (χ1) is 13.0. The number of ether oxygens (including phenoxy) is 2. The molecule has 0 aromatic heterocycles. The number of methoxy groups -OCH3 is 1. The van der Waals surface area contributed by atoms with E-state index in [4.69, 9.17) is 32.7 Å². The minimum absolute atomic E-state index is 0.126. The lowest BCUT2D eigenvalue weighted by Gasteiger charge is -2.18. The molecule has 7 heteroatoms. The Morgan fingerprint density at radius 1 is 1.15 bits per heavy atom. The summed E-state index contributed by atoms with van der Waals surface area (Å²) < 4.78 is 11.1. The highest BCUT2D eigenvalue weighted by atomic mass is 35.5. The van der Waals surface area contributed by atoms with Crippen LogP contribution in [0, 0.1) is 0 Å². The predicted molar refractivity (Wildman–Crippen MR) is 113 cm³/mol. The number of hydrogen-bond acceptors (Lipinski definition) is 4. The van der Waals surface area contributed by atoms with Crippen LogP contribution in [0.15, 0.2) is 42.5 Å². The molecule has 146 valence electrons. The fraction of sp³-hybridized carbons (Fsp3) is 0.350. The molecule has 0 saturated heterocycles. The van der Waals surface area contributed by atoms with Gasteiger partial charge in [0.05, 0.1) is 17.2 Å². The van der Waals surface area contributed by atoms with Crippen molar-refractivity contribution in [3.63, 3.8) is 0 Å². The van der Waals surface area contributed by atoms with Gasteiger partial charge in [0, 0.05) is 18.1 Å². The molecule has 0 spiro atoms. The zero-order valence-electron chi connectivity index (χ0n) is 15.3. The Balaban J connectivity index is 1.75. The molecule has 0 unspecified atom stereocenters. The van der Waals surface area contributed by atoms with Crippen LogP contribution in [0.5, 0.6) is 11.5 Å². The SMILES string of the molecule is CC[C@@H](Oc1ccccc1OC)C(=O)NCCSCc1ccc(Cl)c(Cl)c1. The van der Waals surface area contributed by atoms with Gasteiger partial charge in [-0.15, -0.1) is 0 Å². The van der Waals surface area contributed by atoms with Crippen molar-refractivity contribution >= 4 is 40.9 Å². The minimum atomic E-state index is -0.554. The van der Waals surface area contributed by atoms with Crippen molar-refractivity contribution in [3.05, 3.63) is 58.1 Å². The smallest absolute Gasteiger partial charge is 0.261 e. The van der Waals surface area contributed by atoms with E-state index in [-0.39, 0.29) is 5.91 Å². The van der Waals surface area contributed by atoms with Gasteiger partial charge in [0.2, 0.25) is 0 Å². The van der Waals surface area contributed by atoms with Crippen LogP contribution in [0.3, 0.4) is 0 Å². The quantitative estimate of drug-likeness (QED) is 0.528. The Hall–Kier alpha value is -1.56. The number of nitrogens with one attached hydrogen (secondary N) is 1. The molecule has 2 aromatic carbocycles. The van der Waals surface area contributed by atoms with E-state index in [1.807, 2.05) is 31.2 Å². The third kappa shape index (κ3) is 6.83. The lowest BCUT2D eigenvalue weighted by atomic mass is 10.2. The molecule has 4 nitrogen and oxygen atoms in total. The second-order valence-corrected chi connectivity index (χ2v) is 7.68. The van der Waals surface area contributed by atoms with Crippen molar-refractivity contribution in [2.24, 2.45) is 0 Å². The highest BCUT2D eigenvalue weighted by molar-refractivity contribution is 7.98. The summed E-state index contributed by atoms with van der Waals surface area (Å²) in [6, 6.07) is 12.9. The van der Waals surface area contributed by atoms with E-state index >= 15 is 0 Å². The molecule has 2 rings (SSSR count). The first kappa shape index (κ1) is 21.7. The van der Waals surface area contributed by atoms with Gasteiger partial charge in [0.25, 0.3) is 5.91 Å². The monoisotopic (exact) mass is 427 g/mol.